The first kappa shape index (κ1) is 28.1. The average Bonchev–Trinajstić information content (AvgIpc) is 2.92. The van der Waals surface area contributed by atoms with Crippen molar-refractivity contribution >= 4 is 28.0 Å². The van der Waals surface area contributed by atoms with Crippen LogP contribution in [0.1, 0.15) is 39.6 Å². The molecule has 0 spiro atoms. The maximum Gasteiger partial charge on any atom is 0.515 e. The van der Waals surface area contributed by atoms with E-state index in [1.807, 2.05) is 35.9 Å². The second kappa shape index (κ2) is 13.2. The number of nitrogens with one attached hydrogen (secondary N) is 2. The summed E-state index contributed by atoms with van der Waals surface area (Å²) in [5.74, 6) is -0.823. The normalized spacial score (nSPS) is 10.8. The van der Waals surface area contributed by atoms with E-state index in [0.717, 1.165) is 11.8 Å². The molecular weight excluding hydrogens is 514 g/mol. The Hall–Kier alpha value is -4.45. The van der Waals surface area contributed by atoms with Crippen LogP contribution in [-0.4, -0.2) is 51.6 Å². The third kappa shape index (κ3) is 8.03. The van der Waals surface area contributed by atoms with Crippen molar-refractivity contribution in [2.45, 2.75) is 24.7 Å². The van der Waals surface area contributed by atoms with Crippen LogP contribution in [-0.2, 0) is 21.2 Å². The Morgan fingerprint density at radius 2 is 1.74 bits per heavy atom. The summed E-state index contributed by atoms with van der Waals surface area (Å²) in [6, 6.07) is 15.2. The van der Waals surface area contributed by atoms with Crippen molar-refractivity contribution in [1.29, 1.82) is 0 Å². The minimum atomic E-state index is -4.30. The lowest BCUT2D eigenvalue weighted by atomic mass is 10.1. The van der Waals surface area contributed by atoms with Crippen LogP contribution >= 0.6 is 0 Å². The van der Waals surface area contributed by atoms with Gasteiger partial charge in [0.2, 0.25) is 5.88 Å². The Morgan fingerprint density at radius 1 is 0.947 bits per heavy atom. The molecule has 2 aromatic carbocycles. The number of nitrogens with zero attached hydrogens (tertiary/aromatic N) is 1. The Morgan fingerprint density at radius 3 is 2.45 bits per heavy atom. The fourth-order valence-electron chi connectivity index (χ4n) is 3.17. The summed E-state index contributed by atoms with van der Waals surface area (Å²) in [6.45, 7) is 2.33. The van der Waals surface area contributed by atoms with Gasteiger partial charge in [0.05, 0.1) is 24.2 Å². The molecule has 3 rings (SSSR count). The third-order valence-corrected chi connectivity index (χ3v) is 6.41. The molecule has 0 aliphatic carbocycles. The zero-order valence-electron chi connectivity index (χ0n) is 20.8. The molecule has 0 atom stereocenters. The Labute approximate surface area is 220 Å². The number of pyridine rings is 1. The molecule has 0 aliphatic heterocycles. The van der Waals surface area contributed by atoms with Crippen LogP contribution in [0.25, 0.3) is 0 Å². The average molecular weight is 542 g/mol. The Balaban J connectivity index is 1.59. The van der Waals surface area contributed by atoms with Gasteiger partial charge in [-0.3, -0.25) is 9.59 Å². The fourth-order valence-corrected chi connectivity index (χ4v) is 4.19. The number of sulfonamides is 1. The van der Waals surface area contributed by atoms with Crippen molar-refractivity contribution < 1.29 is 37.0 Å². The van der Waals surface area contributed by atoms with Gasteiger partial charge >= 0.3 is 6.16 Å². The molecule has 11 nitrogen and oxygen atoms in total. The van der Waals surface area contributed by atoms with Gasteiger partial charge in [0, 0.05) is 24.4 Å². The molecule has 3 aromatic rings. The van der Waals surface area contributed by atoms with E-state index in [1.54, 1.807) is 7.11 Å². The van der Waals surface area contributed by atoms with Crippen molar-refractivity contribution in [1.82, 2.24) is 15.0 Å². The zero-order chi connectivity index (χ0) is 27.5. The lowest BCUT2D eigenvalue weighted by Gasteiger charge is -2.10. The van der Waals surface area contributed by atoms with Crippen LogP contribution in [0.2, 0.25) is 0 Å². The molecule has 2 N–H and O–H groups in total. The third-order valence-electron chi connectivity index (χ3n) is 5.08. The Kier molecular flexibility index (Phi) is 9.77. The topological polar surface area (TPSA) is 150 Å². The number of methoxy groups -OCH3 is 1. The fraction of sp³-hybridized carbons (Fsp3) is 0.231. The van der Waals surface area contributed by atoms with Gasteiger partial charge in [-0.2, -0.15) is 0 Å². The molecule has 2 amide bonds. The molecule has 200 valence electrons. The highest BCUT2D eigenvalue weighted by Crippen LogP contribution is 2.15. The first-order valence-corrected chi connectivity index (χ1v) is 13.1. The van der Waals surface area contributed by atoms with Crippen LogP contribution in [0.3, 0.4) is 0 Å². The smallest absolute Gasteiger partial charge is 0.497 e. The van der Waals surface area contributed by atoms with Crippen LogP contribution in [0.5, 0.6) is 11.6 Å². The maximum absolute atomic E-state index is 12.8. The molecule has 1 aromatic heterocycles. The maximum atomic E-state index is 12.8. The van der Waals surface area contributed by atoms with Gasteiger partial charge in [-0.15, -0.1) is 0 Å². The molecule has 0 aliphatic rings. The van der Waals surface area contributed by atoms with Crippen LogP contribution in [0, 0.1) is 0 Å². The van der Waals surface area contributed by atoms with E-state index in [-0.39, 0.29) is 28.5 Å². The lowest BCUT2D eigenvalue weighted by molar-refractivity contribution is 0.0949. The molecule has 0 unspecified atom stereocenters. The summed E-state index contributed by atoms with van der Waals surface area (Å²) in [5.41, 5.74) is 0.993. The number of carbonyl (C=O) groups excluding carboxylic acids is 3. The number of hydrogen-bond acceptors (Lipinski definition) is 9. The van der Waals surface area contributed by atoms with Gasteiger partial charge in [0.1, 0.15) is 5.75 Å². The van der Waals surface area contributed by atoms with E-state index in [2.05, 4.69) is 10.3 Å². The Bertz CT molecular complexity index is 1390. The summed E-state index contributed by atoms with van der Waals surface area (Å²) in [7, 11) is -2.73. The summed E-state index contributed by atoms with van der Waals surface area (Å²) < 4.78 is 42.3. The SMILES string of the molecule is CCCOC(=O)Oc1ccc(C(=O)NS(=O)(=O)c2cccc(C(=O)NCCc3cccc(OC)c3)c2)cn1. The minimum Gasteiger partial charge on any atom is -0.497 e. The van der Waals surface area contributed by atoms with Gasteiger partial charge < -0.3 is 19.5 Å². The predicted molar refractivity (Wildman–Crippen MR) is 137 cm³/mol. The quantitative estimate of drug-likeness (QED) is 0.349. The van der Waals surface area contributed by atoms with Crippen molar-refractivity contribution in [2.75, 3.05) is 20.3 Å². The second-order valence-electron chi connectivity index (χ2n) is 7.91. The van der Waals surface area contributed by atoms with E-state index in [9.17, 15) is 22.8 Å². The monoisotopic (exact) mass is 541 g/mol. The molecule has 38 heavy (non-hydrogen) atoms. The number of ether oxygens (including phenoxy) is 3. The molecule has 0 saturated heterocycles. The van der Waals surface area contributed by atoms with Gasteiger partial charge in [-0.1, -0.05) is 25.1 Å². The molecule has 0 radical (unpaired) electrons. The zero-order valence-corrected chi connectivity index (χ0v) is 21.6. The number of amides is 2. The molecule has 12 heteroatoms. The first-order valence-electron chi connectivity index (χ1n) is 11.6. The van der Waals surface area contributed by atoms with Crippen LogP contribution in [0.4, 0.5) is 4.79 Å². The highest BCUT2D eigenvalue weighted by Gasteiger charge is 2.21. The molecule has 1 heterocycles. The van der Waals surface area contributed by atoms with Crippen molar-refractivity contribution in [2.24, 2.45) is 0 Å². The number of benzene rings is 2. The number of hydrogen-bond donors (Lipinski definition) is 2. The van der Waals surface area contributed by atoms with Crippen molar-refractivity contribution in [3.05, 3.63) is 83.6 Å². The highest BCUT2D eigenvalue weighted by molar-refractivity contribution is 7.90. The highest BCUT2D eigenvalue weighted by atomic mass is 32.2. The molecule has 0 fully saturated rings. The number of carbonyl (C=O) groups is 3. The van der Waals surface area contributed by atoms with Gasteiger partial charge in [0.15, 0.2) is 0 Å². The largest absolute Gasteiger partial charge is 0.515 e. The van der Waals surface area contributed by atoms with Crippen molar-refractivity contribution in [3.63, 3.8) is 0 Å². The van der Waals surface area contributed by atoms with Crippen molar-refractivity contribution in [3.8, 4) is 11.6 Å². The molecular formula is C26H27N3O8S. The second-order valence-corrected chi connectivity index (χ2v) is 9.59. The van der Waals surface area contributed by atoms with Gasteiger partial charge in [0.25, 0.3) is 21.8 Å². The number of aromatic nitrogens is 1. The van der Waals surface area contributed by atoms with Crippen LogP contribution in [0.15, 0.2) is 71.8 Å². The molecule has 0 saturated carbocycles. The summed E-state index contributed by atoms with van der Waals surface area (Å²) in [4.78, 5) is 40.1. The van der Waals surface area contributed by atoms with E-state index >= 15 is 0 Å². The van der Waals surface area contributed by atoms with Crippen LogP contribution < -0.4 is 19.5 Å². The lowest BCUT2D eigenvalue weighted by Crippen LogP contribution is -2.31. The standard InChI is InChI=1S/C26H27N3O8S/c1-3-14-36-26(32)37-23-11-10-20(17-28-23)25(31)29-38(33,34)22-9-5-7-19(16-22)24(30)27-13-12-18-6-4-8-21(15-18)35-2/h4-11,15-17H,3,12-14H2,1-2H3,(H,27,30)(H,29,31). The number of rotatable bonds is 11. The predicted octanol–water partition coefficient (Wildman–Crippen LogP) is 3.11. The van der Waals surface area contributed by atoms with E-state index in [4.69, 9.17) is 14.2 Å². The first-order chi connectivity index (χ1) is 18.2. The van der Waals surface area contributed by atoms with Gasteiger partial charge in [-0.25, -0.2) is 22.9 Å². The summed E-state index contributed by atoms with van der Waals surface area (Å²) >= 11 is 0. The van der Waals surface area contributed by atoms with E-state index < -0.39 is 28.0 Å². The summed E-state index contributed by atoms with van der Waals surface area (Å²) in [5, 5.41) is 2.75. The summed E-state index contributed by atoms with van der Waals surface area (Å²) in [6.07, 6.45) is 1.28. The van der Waals surface area contributed by atoms with E-state index in [0.29, 0.717) is 25.1 Å². The minimum absolute atomic E-state index is 0.0886. The van der Waals surface area contributed by atoms with Gasteiger partial charge in [-0.05, 0) is 54.8 Å². The van der Waals surface area contributed by atoms with E-state index in [1.165, 1.54) is 36.4 Å². The molecule has 0 bridgehead atoms.